The van der Waals surface area contributed by atoms with E-state index in [0.29, 0.717) is 11.9 Å². The van der Waals surface area contributed by atoms with Gasteiger partial charge in [0.15, 0.2) is 0 Å². The summed E-state index contributed by atoms with van der Waals surface area (Å²) in [6.45, 7) is 6.88. The zero-order valence-corrected chi connectivity index (χ0v) is 13.3. The topological polar surface area (TPSA) is 17.8 Å². The molecule has 108 valence electrons. The molecule has 0 amide bonds. The molecule has 1 fully saturated rings. The van der Waals surface area contributed by atoms with Crippen LogP contribution in [0.2, 0.25) is 0 Å². The lowest BCUT2D eigenvalue weighted by molar-refractivity contribution is 0.222. The van der Waals surface area contributed by atoms with Crippen molar-refractivity contribution in [2.75, 3.05) is 0 Å². The van der Waals surface area contributed by atoms with Gasteiger partial charge in [-0.25, -0.2) is 4.98 Å². The Bertz CT molecular complexity index is 607. The van der Waals surface area contributed by atoms with E-state index in [4.69, 9.17) is 16.6 Å². The highest BCUT2D eigenvalue weighted by Gasteiger charge is 2.27. The fourth-order valence-corrected chi connectivity index (χ4v) is 4.06. The molecule has 0 radical (unpaired) electrons. The maximum Gasteiger partial charge on any atom is 0.125 e. The quantitative estimate of drug-likeness (QED) is 0.705. The van der Waals surface area contributed by atoms with Crippen LogP contribution >= 0.6 is 11.6 Å². The Hall–Kier alpha value is -1.02. The molecule has 2 aromatic rings. The third-order valence-electron chi connectivity index (χ3n) is 4.56. The van der Waals surface area contributed by atoms with E-state index in [1.165, 1.54) is 30.3 Å². The van der Waals surface area contributed by atoms with Crippen LogP contribution in [0.5, 0.6) is 0 Å². The summed E-state index contributed by atoms with van der Waals surface area (Å²) in [6.07, 6.45) is 3.83. The second-order valence-electron chi connectivity index (χ2n) is 6.60. The summed E-state index contributed by atoms with van der Waals surface area (Å²) in [4.78, 5) is 4.73. The molecule has 1 heterocycles. The molecule has 1 aromatic carbocycles. The summed E-state index contributed by atoms with van der Waals surface area (Å²) in [5, 5.41) is 0. The molecule has 2 nitrogen and oxygen atoms in total. The van der Waals surface area contributed by atoms with Gasteiger partial charge < -0.3 is 4.57 Å². The summed E-state index contributed by atoms with van der Waals surface area (Å²) in [6, 6.07) is 7.05. The van der Waals surface area contributed by atoms with Crippen LogP contribution in [-0.2, 0) is 5.88 Å². The number of rotatable bonds is 2. The van der Waals surface area contributed by atoms with Crippen LogP contribution in [-0.4, -0.2) is 9.55 Å². The Morgan fingerprint density at radius 3 is 2.55 bits per heavy atom. The smallest absolute Gasteiger partial charge is 0.125 e. The summed E-state index contributed by atoms with van der Waals surface area (Å²) in [5.41, 5.74) is 3.63. The number of halogens is 1. The Kier molecular flexibility index (Phi) is 3.76. The van der Waals surface area contributed by atoms with Crippen LogP contribution in [0, 0.1) is 18.8 Å². The molecule has 3 heteroatoms. The third kappa shape index (κ3) is 2.46. The lowest BCUT2D eigenvalue weighted by Crippen LogP contribution is -2.23. The van der Waals surface area contributed by atoms with Gasteiger partial charge in [0.25, 0.3) is 0 Å². The van der Waals surface area contributed by atoms with Gasteiger partial charge in [-0.2, -0.15) is 0 Å². The average molecular weight is 291 g/mol. The van der Waals surface area contributed by atoms with Crippen molar-refractivity contribution in [3.63, 3.8) is 0 Å². The van der Waals surface area contributed by atoms with Gasteiger partial charge in [0.05, 0.1) is 16.9 Å². The molecule has 1 saturated carbocycles. The van der Waals surface area contributed by atoms with Crippen LogP contribution < -0.4 is 0 Å². The Balaban J connectivity index is 2.10. The van der Waals surface area contributed by atoms with Crippen LogP contribution in [0.1, 0.15) is 50.5 Å². The number of alkyl halides is 1. The molecule has 2 atom stereocenters. The SMILES string of the molecule is Cc1ccc2nc(CCl)n(C3CC(C)CC(C)C3)c2c1. The zero-order valence-electron chi connectivity index (χ0n) is 12.6. The maximum absolute atomic E-state index is 6.15. The summed E-state index contributed by atoms with van der Waals surface area (Å²) in [5.74, 6) is 3.09. The van der Waals surface area contributed by atoms with Gasteiger partial charge in [-0.15, -0.1) is 11.6 Å². The predicted octanol–water partition coefficient (Wildman–Crippen LogP) is 5.08. The van der Waals surface area contributed by atoms with Crippen molar-refractivity contribution in [3.05, 3.63) is 29.6 Å². The van der Waals surface area contributed by atoms with E-state index in [0.717, 1.165) is 23.2 Å². The molecular formula is C17H23ClN2. The van der Waals surface area contributed by atoms with Crippen molar-refractivity contribution in [1.82, 2.24) is 9.55 Å². The minimum Gasteiger partial charge on any atom is -0.324 e. The number of aryl methyl sites for hydroxylation is 1. The van der Waals surface area contributed by atoms with Crippen molar-refractivity contribution in [2.45, 2.75) is 52.0 Å². The standard InChI is InChI=1S/C17H23ClN2/c1-11-4-5-15-16(9-11)20(17(10-18)19-15)14-7-12(2)6-13(3)8-14/h4-5,9,12-14H,6-8,10H2,1-3H3. The van der Waals surface area contributed by atoms with Gasteiger partial charge in [-0.1, -0.05) is 19.9 Å². The van der Waals surface area contributed by atoms with Crippen molar-refractivity contribution in [2.24, 2.45) is 11.8 Å². The van der Waals surface area contributed by atoms with Crippen LogP contribution in [0.3, 0.4) is 0 Å². The molecule has 2 unspecified atom stereocenters. The largest absolute Gasteiger partial charge is 0.324 e. The zero-order chi connectivity index (χ0) is 14.3. The van der Waals surface area contributed by atoms with Crippen LogP contribution in [0.4, 0.5) is 0 Å². The van der Waals surface area contributed by atoms with E-state index < -0.39 is 0 Å². The summed E-state index contributed by atoms with van der Waals surface area (Å²) in [7, 11) is 0. The lowest BCUT2D eigenvalue weighted by atomic mass is 9.80. The number of benzene rings is 1. The normalized spacial score (nSPS) is 27.1. The first-order valence-corrected chi connectivity index (χ1v) is 8.15. The highest BCUT2D eigenvalue weighted by Crippen LogP contribution is 2.38. The molecule has 0 bridgehead atoms. The van der Waals surface area contributed by atoms with Gasteiger partial charge >= 0.3 is 0 Å². The molecule has 20 heavy (non-hydrogen) atoms. The Labute approximate surface area is 126 Å². The summed E-state index contributed by atoms with van der Waals surface area (Å²) < 4.78 is 2.42. The number of imidazole rings is 1. The Morgan fingerprint density at radius 1 is 1.20 bits per heavy atom. The lowest BCUT2D eigenvalue weighted by Gasteiger charge is -2.33. The molecule has 0 saturated heterocycles. The van der Waals surface area contributed by atoms with Crippen molar-refractivity contribution in [3.8, 4) is 0 Å². The summed E-state index contributed by atoms with van der Waals surface area (Å²) >= 11 is 6.15. The monoisotopic (exact) mass is 290 g/mol. The number of nitrogens with zero attached hydrogens (tertiary/aromatic N) is 2. The van der Waals surface area contributed by atoms with Crippen LogP contribution in [0.25, 0.3) is 11.0 Å². The Morgan fingerprint density at radius 2 is 1.90 bits per heavy atom. The highest BCUT2D eigenvalue weighted by atomic mass is 35.5. The first kappa shape index (κ1) is 13.9. The molecule has 0 aliphatic heterocycles. The highest BCUT2D eigenvalue weighted by molar-refractivity contribution is 6.16. The van der Waals surface area contributed by atoms with E-state index in [1.54, 1.807) is 0 Å². The number of aromatic nitrogens is 2. The van der Waals surface area contributed by atoms with E-state index >= 15 is 0 Å². The minimum absolute atomic E-state index is 0.493. The predicted molar refractivity (Wildman–Crippen MR) is 85.2 cm³/mol. The van der Waals surface area contributed by atoms with E-state index in [-0.39, 0.29) is 0 Å². The van der Waals surface area contributed by atoms with E-state index in [9.17, 15) is 0 Å². The first-order chi connectivity index (χ1) is 9.58. The van der Waals surface area contributed by atoms with Gasteiger partial charge in [0.2, 0.25) is 0 Å². The van der Waals surface area contributed by atoms with E-state index in [1.807, 2.05) is 0 Å². The van der Waals surface area contributed by atoms with Gasteiger partial charge in [-0.05, 0) is 55.7 Å². The van der Waals surface area contributed by atoms with Crippen molar-refractivity contribution in [1.29, 1.82) is 0 Å². The molecule has 0 N–H and O–H groups in total. The molecule has 3 rings (SSSR count). The van der Waals surface area contributed by atoms with Gasteiger partial charge in [-0.3, -0.25) is 0 Å². The van der Waals surface area contributed by atoms with E-state index in [2.05, 4.69) is 43.5 Å². The molecule has 1 aliphatic rings. The van der Waals surface area contributed by atoms with Crippen molar-refractivity contribution < 1.29 is 0 Å². The fraction of sp³-hybridized carbons (Fsp3) is 0.588. The molecule has 1 aliphatic carbocycles. The third-order valence-corrected chi connectivity index (χ3v) is 4.80. The number of hydrogen-bond donors (Lipinski definition) is 0. The second kappa shape index (κ2) is 5.40. The van der Waals surface area contributed by atoms with Gasteiger partial charge in [0.1, 0.15) is 5.82 Å². The molecule has 0 spiro atoms. The number of hydrogen-bond acceptors (Lipinski definition) is 1. The maximum atomic E-state index is 6.15. The average Bonchev–Trinajstić information content (AvgIpc) is 2.75. The molecule has 1 aromatic heterocycles. The van der Waals surface area contributed by atoms with Crippen molar-refractivity contribution >= 4 is 22.6 Å². The molecular weight excluding hydrogens is 268 g/mol. The fourth-order valence-electron chi connectivity index (χ4n) is 3.87. The number of fused-ring (bicyclic) bond motifs is 1. The van der Waals surface area contributed by atoms with Gasteiger partial charge in [0, 0.05) is 6.04 Å². The second-order valence-corrected chi connectivity index (χ2v) is 6.86. The minimum atomic E-state index is 0.493. The first-order valence-electron chi connectivity index (χ1n) is 7.62. The van der Waals surface area contributed by atoms with Crippen LogP contribution in [0.15, 0.2) is 18.2 Å².